The van der Waals surface area contributed by atoms with E-state index in [1.165, 1.54) is 11.8 Å². The number of nitrogens with zero attached hydrogens (tertiary/aromatic N) is 1. The van der Waals surface area contributed by atoms with E-state index in [-0.39, 0.29) is 5.91 Å². The van der Waals surface area contributed by atoms with Gasteiger partial charge in [0.15, 0.2) is 0 Å². The van der Waals surface area contributed by atoms with Crippen LogP contribution in [-0.4, -0.2) is 16.6 Å². The van der Waals surface area contributed by atoms with Crippen molar-refractivity contribution in [2.24, 2.45) is 0 Å². The molecular formula is C20H25ClN2OS2. The van der Waals surface area contributed by atoms with E-state index in [9.17, 15) is 4.79 Å². The van der Waals surface area contributed by atoms with Crippen LogP contribution in [0, 0.1) is 0 Å². The van der Waals surface area contributed by atoms with Gasteiger partial charge in [-0.25, -0.2) is 4.98 Å². The van der Waals surface area contributed by atoms with Crippen LogP contribution >= 0.6 is 34.7 Å². The molecule has 26 heavy (non-hydrogen) atoms. The van der Waals surface area contributed by atoms with Gasteiger partial charge in [0.2, 0.25) is 5.91 Å². The smallest absolute Gasteiger partial charge is 0.234 e. The molecule has 1 aromatic carbocycles. The Labute approximate surface area is 169 Å². The van der Waals surface area contributed by atoms with Gasteiger partial charge in [0.05, 0.1) is 17.1 Å². The van der Waals surface area contributed by atoms with Crippen LogP contribution in [0.4, 0.5) is 0 Å². The largest absolute Gasteiger partial charge is 0.324 e. The van der Waals surface area contributed by atoms with Crippen molar-refractivity contribution in [3.8, 4) is 10.6 Å². The second-order valence-electron chi connectivity index (χ2n) is 5.00. The predicted molar refractivity (Wildman–Crippen MR) is 117 cm³/mol. The molecule has 0 aliphatic carbocycles. The number of hydrogen-bond donors (Lipinski definition) is 1. The summed E-state index contributed by atoms with van der Waals surface area (Å²) in [6.07, 6.45) is 3.63. The molecule has 0 atom stereocenters. The van der Waals surface area contributed by atoms with E-state index in [4.69, 9.17) is 11.6 Å². The lowest BCUT2D eigenvalue weighted by Gasteiger charge is -2.06. The van der Waals surface area contributed by atoms with Crippen molar-refractivity contribution in [3.05, 3.63) is 64.3 Å². The minimum absolute atomic E-state index is 0.0633. The van der Waals surface area contributed by atoms with E-state index in [0.717, 1.165) is 16.3 Å². The first-order valence-corrected chi connectivity index (χ1v) is 10.9. The van der Waals surface area contributed by atoms with Gasteiger partial charge in [0.25, 0.3) is 0 Å². The molecule has 140 valence electrons. The number of benzene rings is 1. The molecule has 3 nitrogen and oxygen atoms in total. The van der Waals surface area contributed by atoms with Crippen molar-refractivity contribution in [1.29, 1.82) is 0 Å². The van der Waals surface area contributed by atoms with Crippen LogP contribution in [0.15, 0.2) is 58.6 Å². The monoisotopic (exact) mass is 408 g/mol. The summed E-state index contributed by atoms with van der Waals surface area (Å²) < 4.78 is 0. The first kappa shape index (κ1) is 22.5. The number of rotatable bonds is 7. The van der Waals surface area contributed by atoms with E-state index < -0.39 is 0 Å². The Balaban J connectivity index is 0.00000163. The Hall–Kier alpha value is -1.56. The number of carbonyl (C=O) groups is 1. The van der Waals surface area contributed by atoms with Crippen LogP contribution < -0.4 is 5.32 Å². The maximum atomic E-state index is 12.0. The highest BCUT2D eigenvalue weighted by Crippen LogP contribution is 2.25. The third kappa shape index (κ3) is 7.77. The van der Waals surface area contributed by atoms with Gasteiger partial charge in [-0.05, 0) is 19.9 Å². The topological polar surface area (TPSA) is 42.0 Å². The normalized spacial score (nSPS) is 11.6. The molecule has 0 aliphatic heterocycles. The molecule has 1 N–H and O–H groups in total. The molecule has 0 unspecified atom stereocenters. The lowest BCUT2D eigenvalue weighted by molar-refractivity contribution is -0.117. The Bertz CT molecular complexity index is 735. The average Bonchev–Trinajstić information content (AvgIpc) is 3.12. The van der Waals surface area contributed by atoms with E-state index in [1.807, 2.05) is 62.6 Å². The maximum Gasteiger partial charge on any atom is 0.234 e. The molecule has 6 heteroatoms. The number of aromatic nitrogens is 1. The van der Waals surface area contributed by atoms with Gasteiger partial charge in [-0.3, -0.25) is 4.79 Å². The molecule has 1 amide bonds. The summed E-state index contributed by atoms with van der Waals surface area (Å²) >= 11 is 9.12. The highest BCUT2D eigenvalue weighted by Gasteiger charge is 2.08. The summed E-state index contributed by atoms with van der Waals surface area (Å²) in [4.78, 5) is 16.6. The molecule has 0 bridgehead atoms. The summed E-state index contributed by atoms with van der Waals surface area (Å²) in [5.74, 6) is 1.01. The summed E-state index contributed by atoms with van der Waals surface area (Å²) in [5, 5.41) is 6.44. The lowest BCUT2D eigenvalue weighted by atomic mass is 10.2. The van der Waals surface area contributed by atoms with Gasteiger partial charge >= 0.3 is 0 Å². The van der Waals surface area contributed by atoms with Crippen molar-refractivity contribution >= 4 is 40.6 Å². The van der Waals surface area contributed by atoms with Crippen molar-refractivity contribution in [2.75, 3.05) is 5.75 Å². The quantitative estimate of drug-likeness (QED) is 0.552. The number of thioether (sulfide) groups is 1. The van der Waals surface area contributed by atoms with Crippen LogP contribution in [0.1, 0.15) is 33.4 Å². The zero-order valence-corrected chi connectivity index (χ0v) is 18.0. The second kappa shape index (κ2) is 12.7. The fraction of sp³-hybridized carbons (Fsp3) is 0.300. The zero-order valence-electron chi connectivity index (χ0n) is 15.6. The number of amides is 1. The Kier molecular flexibility index (Phi) is 11.0. The number of allylic oxidation sites excluding steroid dienone is 3. The zero-order chi connectivity index (χ0) is 19.4. The van der Waals surface area contributed by atoms with Gasteiger partial charge < -0.3 is 5.32 Å². The SMILES string of the molecule is C/C=C\C(NC(=O)CSCc1csc(-c2ccccc2)n1)=C(/C)Cl.CC. The molecule has 0 spiro atoms. The summed E-state index contributed by atoms with van der Waals surface area (Å²) in [5.41, 5.74) is 2.76. The first-order valence-electron chi connectivity index (χ1n) is 8.46. The fourth-order valence-electron chi connectivity index (χ4n) is 1.93. The third-order valence-electron chi connectivity index (χ3n) is 3.03. The van der Waals surface area contributed by atoms with Gasteiger partial charge in [-0.2, -0.15) is 0 Å². The van der Waals surface area contributed by atoms with E-state index in [1.54, 1.807) is 24.3 Å². The van der Waals surface area contributed by atoms with Crippen LogP contribution in [0.2, 0.25) is 0 Å². The first-order chi connectivity index (χ1) is 12.6. The number of halogens is 1. The van der Waals surface area contributed by atoms with Gasteiger partial charge in [-0.15, -0.1) is 23.1 Å². The lowest BCUT2D eigenvalue weighted by Crippen LogP contribution is -2.24. The molecular weight excluding hydrogens is 384 g/mol. The van der Waals surface area contributed by atoms with Crippen LogP contribution in [0.5, 0.6) is 0 Å². The minimum Gasteiger partial charge on any atom is -0.324 e. The molecule has 2 rings (SSSR count). The van der Waals surface area contributed by atoms with Gasteiger partial charge in [-0.1, -0.05) is 61.9 Å². The molecule has 0 saturated heterocycles. The second-order valence-corrected chi connectivity index (χ2v) is 7.41. The predicted octanol–water partition coefficient (Wildman–Crippen LogP) is 6.23. The molecule has 0 aliphatic rings. The summed E-state index contributed by atoms with van der Waals surface area (Å²) in [6.45, 7) is 7.64. The third-order valence-corrected chi connectivity index (χ3v) is 5.14. The maximum absolute atomic E-state index is 12.0. The fourth-order valence-corrected chi connectivity index (χ4v) is 3.69. The van der Waals surface area contributed by atoms with Crippen molar-refractivity contribution < 1.29 is 4.79 Å². The standard InChI is InChI=1S/C18H19ClN2OS2.C2H6/c1-3-7-16(13(2)19)21-17(22)12-23-10-15-11-24-18(20-15)14-8-5-4-6-9-14;1-2/h3-9,11H,10,12H2,1-2H3,(H,21,22);1-2H3/b7-3-,16-13-;. The number of thiazole rings is 1. The molecule has 0 saturated carbocycles. The van der Waals surface area contributed by atoms with Crippen molar-refractivity contribution in [3.63, 3.8) is 0 Å². The van der Waals surface area contributed by atoms with Gasteiger partial charge in [0, 0.05) is 21.7 Å². The Morgan fingerprint density at radius 2 is 2.00 bits per heavy atom. The van der Waals surface area contributed by atoms with Crippen LogP contribution in [0.25, 0.3) is 10.6 Å². The highest BCUT2D eigenvalue weighted by atomic mass is 35.5. The van der Waals surface area contributed by atoms with E-state index >= 15 is 0 Å². The molecule has 0 radical (unpaired) electrons. The number of nitrogens with one attached hydrogen (secondary N) is 1. The Morgan fingerprint density at radius 1 is 1.31 bits per heavy atom. The summed E-state index contributed by atoms with van der Waals surface area (Å²) in [7, 11) is 0. The molecule has 1 aromatic heterocycles. The molecule has 0 fully saturated rings. The van der Waals surface area contributed by atoms with Gasteiger partial charge in [0.1, 0.15) is 5.01 Å². The molecule has 2 aromatic rings. The van der Waals surface area contributed by atoms with Crippen LogP contribution in [0.3, 0.4) is 0 Å². The van der Waals surface area contributed by atoms with E-state index in [0.29, 0.717) is 22.2 Å². The van der Waals surface area contributed by atoms with E-state index in [2.05, 4.69) is 10.3 Å². The number of carbonyl (C=O) groups excluding carboxylic acids is 1. The van der Waals surface area contributed by atoms with Crippen LogP contribution in [-0.2, 0) is 10.5 Å². The van der Waals surface area contributed by atoms with Crippen molar-refractivity contribution in [2.45, 2.75) is 33.4 Å². The minimum atomic E-state index is -0.0633. The molecule has 1 heterocycles. The summed E-state index contributed by atoms with van der Waals surface area (Å²) in [6, 6.07) is 10.1. The Morgan fingerprint density at radius 3 is 2.62 bits per heavy atom. The number of hydrogen-bond acceptors (Lipinski definition) is 4. The highest BCUT2D eigenvalue weighted by molar-refractivity contribution is 7.99. The average molecular weight is 409 g/mol. The van der Waals surface area contributed by atoms with Crippen molar-refractivity contribution in [1.82, 2.24) is 10.3 Å².